The van der Waals surface area contributed by atoms with E-state index in [2.05, 4.69) is 15.0 Å². The van der Waals surface area contributed by atoms with E-state index in [1.54, 1.807) is 12.1 Å². The van der Waals surface area contributed by atoms with Crippen molar-refractivity contribution in [2.75, 3.05) is 13.1 Å². The van der Waals surface area contributed by atoms with Crippen molar-refractivity contribution in [2.45, 2.75) is 11.3 Å². The van der Waals surface area contributed by atoms with Crippen molar-refractivity contribution in [3.63, 3.8) is 0 Å². The number of nitrogens with two attached hydrogens (primary N) is 1. The predicted molar refractivity (Wildman–Crippen MR) is 85.9 cm³/mol. The molecule has 0 bridgehead atoms. The van der Waals surface area contributed by atoms with Gasteiger partial charge in [-0.2, -0.15) is 10.2 Å². The molecular formula is C15H18N4O2S. The summed E-state index contributed by atoms with van der Waals surface area (Å²) in [4.78, 5) is 0.197. The van der Waals surface area contributed by atoms with Crippen LogP contribution < -0.4 is 10.5 Å². The molecule has 0 fully saturated rings. The van der Waals surface area contributed by atoms with Crippen LogP contribution in [0.4, 0.5) is 11.4 Å². The van der Waals surface area contributed by atoms with E-state index in [1.165, 1.54) is 12.1 Å². The molecule has 22 heavy (non-hydrogen) atoms. The summed E-state index contributed by atoms with van der Waals surface area (Å²) in [7, 11) is -3.49. The van der Waals surface area contributed by atoms with Crippen LogP contribution in [0.15, 0.2) is 69.7 Å². The van der Waals surface area contributed by atoms with E-state index in [1.807, 2.05) is 30.3 Å². The average Bonchev–Trinajstić information content (AvgIpc) is 2.54. The van der Waals surface area contributed by atoms with Gasteiger partial charge in [0.1, 0.15) is 0 Å². The first-order valence-corrected chi connectivity index (χ1v) is 8.37. The lowest BCUT2D eigenvalue weighted by atomic mass is 10.3. The monoisotopic (exact) mass is 318 g/mol. The highest BCUT2D eigenvalue weighted by Crippen LogP contribution is 2.19. The Labute approximate surface area is 130 Å². The maximum Gasteiger partial charge on any atom is 0.240 e. The lowest BCUT2D eigenvalue weighted by molar-refractivity contribution is 0.579. The molecule has 6 nitrogen and oxygen atoms in total. The number of hydrogen-bond donors (Lipinski definition) is 2. The number of sulfonamides is 1. The Balaban J connectivity index is 2.05. The fraction of sp³-hybridized carbons (Fsp3) is 0.200. The number of rotatable bonds is 7. The maximum atomic E-state index is 12.0. The van der Waals surface area contributed by atoms with Gasteiger partial charge in [0.15, 0.2) is 0 Å². The average molecular weight is 318 g/mol. The zero-order valence-electron chi connectivity index (χ0n) is 12.0. The van der Waals surface area contributed by atoms with Crippen LogP contribution >= 0.6 is 0 Å². The van der Waals surface area contributed by atoms with Gasteiger partial charge >= 0.3 is 0 Å². The Hall–Kier alpha value is -2.09. The highest BCUT2D eigenvalue weighted by Gasteiger charge is 2.12. The van der Waals surface area contributed by atoms with E-state index in [9.17, 15) is 8.42 Å². The predicted octanol–water partition coefficient (Wildman–Crippen LogP) is 2.73. The van der Waals surface area contributed by atoms with Gasteiger partial charge in [-0.3, -0.25) is 0 Å². The zero-order chi connectivity index (χ0) is 15.8. The van der Waals surface area contributed by atoms with E-state index in [0.717, 1.165) is 5.69 Å². The Kier molecular flexibility index (Phi) is 5.76. The summed E-state index contributed by atoms with van der Waals surface area (Å²) < 4.78 is 26.5. The van der Waals surface area contributed by atoms with Crippen LogP contribution in [0, 0.1) is 0 Å². The molecule has 2 aromatic rings. The highest BCUT2D eigenvalue weighted by molar-refractivity contribution is 7.89. The fourth-order valence-corrected chi connectivity index (χ4v) is 2.77. The smallest absolute Gasteiger partial charge is 0.240 e. The molecule has 0 atom stereocenters. The Morgan fingerprint density at radius 2 is 1.50 bits per heavy atom. The highest BCUT2D eigenvalue weighted by atomic mass is 32.2. The molecule has 116 valence electrons. The summed E-state index contributed by atoms with van der Waals surface area (Å²) in [5.41, 5.74) is 6.67. The van der Waals surface area contributed by atoms with E-state index in [-0.39, 0.29) is 4.90 Å². The molecule has 0 aliphatic carbocycles. The van der Waals surface area contributed by atoms with Crippen LogP contribution in [0.2, 0.25) is 0 Å². The van der Waals surface area contributed by atoms with E-state index < -0.39 is 10.0 Å². The summed E-state index contributed by atoms with van der Waals surface area (Å²) in [6, 6.07) is 15.6. The van der Waals surface area contributed by atoms with E-state index in [0.29, 0.717) is 25.2 Å². The van der Waals surface area contributed by atoms with Crippen molar-refractivity contribution in [3.05, 3.63) is 54.6 Å². The van der Waals surface area contributed by atoms with Gasteiger partial charge in [0.05, 0.1) is 16.3 Å². The minimum absolute atomic E-state index is 0.197. The van der Waals surface area contributed by atoms with Gasteiger partial charge in [0.25, 0.3) is 0 Å². The number of nitrogens with one attached hydrogen (secondary N) is 1. The lowest BCUT2D eigenvalue weighted by Gasteiger charge is -2.05. The minimum Gasteiger partial charge on any atom is -0.330 e. The Bertz CT molecular complexity index is 713. The second kappa shape index (κ2) is 7.79. The van der Waals surface area contributed by atoms with Crippen LogP contribution in [-0.4, -0.2) is 21.5 Å². The van der Waals surface area contributed by atoms with Gasteiger partial charge in [-0.1, -0.05) is 18.2 Å². The summed E-state index contributed by atoms with van der Waals surface area (Å²) in [6.45, 7) is 0.773. The number of benzene rings is 2. The van der Waals surface area contributed by atoms with Gasteiger partial charge in [0.2, 0.25) is 10.0 Å². The molecule has 2 aromatic carbocycles. The SMILES string of the molecule is NCCCNS(=O)(=O)c1ccc(N=Nc2ccccc2)cc1. The molecule has 2 rings (SSSR count). The van der Waals surface area contributed by atoms with Crippen molar-refractivity contribution < 1.29 is 8.42 Å². The minimum atomic E-state index is -3.49. The first kappa shape index (κ1) is 16.3. The molecule has 0 aliphatic rings. The number of azo groups is 1. The second-order valence-corrected chi connectivity index (χ2v) is 6.34. The third kappa shape index (κ3) is 4.73. The van der Waals surface area contributed by atoms with Crippen LogP contribution in [0.1, 0.15) is 6.42 Å². The van der Waals surface area contributed by atoms with Crippen molar-refractivity contribution in [3.8, 4) is 0 Å². The quantitative estimate of drug-likeness (QED) is 0.606. The van der Waals surface area contributed by atoms with Crippen LogP contribution in [0.25, 0.3) is 0 Å². The van der Waals surface area contributed by atoms with Gasteiger partial charge in [0, 0.05) is 6.54 Å². The molecule has 0 aromatic heterocycles. The summed E-state index contributed by atoms with van der Waals surface area (Å²) in [6.07, 6.45) is 0.600. The molecular weight excluding hydrogens is 300 g/mol. The van der Waals surface area contributed by atoms with Gasteiger partial charge < -0.3 is 5.73 Å². The Morgan fingerprint density at radius 3 is 2.09 bits per heavy atom. The summed E-state index contributed by atoms with van der Waals surface area (Å²) in [5, 5.41) is 8.14. The van der Waals surface area contributed by atoms with Crippen LogP contribution in [0.3, 0.4) is 0 Å². The molecule has 0 aliphatic heterocycles. The topological polar surface area (TPSA) is 96.9 Å². The lowest BCUT2D eigenvalue weighted by Crippen LogP contribution is -2.26. The van der Waals surface area contributed by atoms with Gasteiger partial charge in [-0.05, 0) is 49.4 Å². The normalized spacial score (nSPS) is 11.9. The van der Waals surface area contributed by atoms with Crippen molar-refractivity contribution >= 4 is 21.4 Å². The zero-order valence-corrected chi connectivity index (χ0v) is 12.8. The molecule has 0 saturated heterocycles. The third-order valence-electron chi connectivity index (χ3n) is 2.86. The molecule has 0 heterocycles. The number of hydrogen-bond acceptors (Lipinski definition) is 5. The van der Waals surface area contributed by atoms with Crippen LogP contribution in [0.5, 0.6) is 0 Å². The fourth-order valence-electron chi connectivity index (χ4n) is 1.69. The number of nitrogens with zero attached hydrogens (tertiary/aromatic N) is 2. The van der Waals surface area contributed by atoms with Crippen molar-refractivity contribution in [1.29, 1.82) is 0 Å². The van der Waals surface area contributed by atoms with Gasteiger partial charge in [-0.15, -0.1) is 0 Å². The van der Waals surface area contributed by atoms with E-state index in [4.69, 9.17) is 5.73 Å². The standard InChI is InChI=1S/C15H18N4O2S/c16-11-4-12-17-22(20,21)15-9-7-14(8-10-15)19-18-13-5-2-1-3-6-13/h1-3,5-10,17H,4,11-12,16H2. The Morgan fingerprint density at radius 1 is 0.909 bits per heavy atom. The molecule has 0 radical (unpaired) electrons. The summed E-state index contributed by atoms with van der Waals surface area (Å²) in [5.74, 6) is 0. The molecule has 7 heteroatoms. The summed E-state index contributed by atoms with van der Waals surface area (Å²) >= 11 is 0. The first-order valence-electron chi connectivity index (χ1n) is 6.88. The van der Waals surface area contributed by atoms with Gasteiger partial charge in [-0.25, -0.2) is 13.1 Å². The van der Waals surface area contributed by atoms with Crippen LogP contribution in [-0.2, 0) is 10.0 Å². The van der Waals surface area contributed by atoms with E-state index >= 15 is 0 Å². The molecule has 3 N–H and O–H groups in total. The third-order valence-corrected chi connectivity index (χ3v) is 4.33. The molecule has 0 saturated carbocycles. The molecule has 0 unspecified atom stereocenters. The molecule has 0 amide bonds. The van der Waals surface area contributed by atoms with Crippen molar-refractivity contribution in [1.82, 2.24) is 4.72 Å². The first-order chi connectivity index (χ1) is 10.6. The van der Waals surface area contributed by atoms with Crippen molar-refractivity contribution in [2.24, 2.45) is 16.0 Å². The maximum absolute atomic E-state index is 12.0. The second-order valence-electron chi connectivity index (χ2n) is 4.57. The largest absolute Gasteiger partial charge is 0.330 e. The molecule has 0 spiro atoms.